The van der Waals surface area contributed by atoms with Gasteiger partial charge in [-0.05, 0) is 19.1 Å². The topological polar surface area (TPSA) is 47.0 Å². The van der Waals surface area contributed by atoms with Crippen LogP contribution < -0.4 is 0 Å². The van der Waals surface area contributed by atoms with E-state index in [1.54, 1.807) is 18.3 Å². The molecule has 5 heteroatoms. The van der Waals surface area contributed by atoms with E-state index in [1.165, 1.54) is 6.07 Å². The van der Waals surface area contributed by atoms with Crippen molar-refractivity contribution in [3.05, 3.63) is 36.2 Å². The van der Waals surface area contributed by atoms with Crippen LogP contribution >= 0.6 is 10.7 Å². The molecule has 0 saturated carbocycles. The molecule has 1 aromatic carbocycles. The smallest absolute Gasteiger partial charge is 0.261 e. The van der Waals surface area contributed by atoms with Crippen LogP contribution in [0.3, 0.4) is 0 Å². The summed E-state index contributed by atoms with van der Waals surface area (Å²) in [6, 6.07) is 6.62. The minimum Gasteiger partial charge on any atom is -0.261 e. The highest BCUT2D eigenvalue weighted by atomic mass is 35.7. The van der Waals surface area contributed by atoms with Gasteiger partial charge >= 0.3 is 0 Å². The second kappa shape index (κ2) is 3.47. The Bertz CT molecular complexity index is 622. The van der Waals surface area contributed by atoms with Crippen molar-refractivity contribution in [3.63, 3.8) is 0 Å². The number of fused-ring (bicyclic) bond motifs is 1. The number of rotatable bonds is 1. The molecule has 0 amide bonds. The average Bonchev–Trinajstić information content (AvgIpc) is 2.16. The van der Waals surface area contributed by atoms with E-state index in [2.05, 4.69) is 4.98 Å². The maximum absolute atomic E-state index is 11.3. The van der Waals surface area contributed by atoms with E-state index in [1.807, 2.05) is 13.0 Å². The molecule has 15 heavy (non-hydrogen) atoms. The van der Waals surface area contributed by atoms with E-state index >= 15 is 0 Å². The first-order valence-corrected chi connectivity index (χ1v) is 6.60. The van der Waals surface area contributed by atoms with E-state index in [0.717, 1.165) is 11.1 Å². The first kappa shape index (κ1) is 10.4. The summed E-state index contributed by atoms with van der Waals surface area (Å²) in [5, 5.41) is 1.42. The van der Waals surface area contributed by atoms with Gasteiger partial charge in [0, 0.05) is 33.3 Å². The molecular weight excluding hydrogens is 234 g/mol. The SMILES string of the molecule is Cc1nccc2c(S(=O)(=O)Cl)cccc12. The van der Waals surface area contributed by atoms with Crippen molar-refractivity contribution in [1.29, 1.82) is 0 Å². The zero-order valence-electron chi connectivity index (χ0n) is 7.94. The molecule has 3 nitrogen and oxygen atoms in total. The Balaban J connectivity index is 2.96. The predicted octanol–water partition coefficient (Wildman–Crippen LogP) is 2.47. The minimum absolute atomic E-state index is 0.132. The Labute approximate surface area is 92.1 Å². The second-order valence-corrected chi connectivity index (χ2v) is 5.72. The Kier molecular flexibility index (Phi) is 2.40. The molecule has 1 heterocycles. The molecule has 0 aliphatic rings. The summed E-state index contributed by atoms with van der Waals surface area (Å²) in [6.45, 7) is 1.83. The lowest BCUT2D eigenvalue weighted by molar-refractivity contribution is 0.610. The third kappa shape index (κ3) is 1.82. The zero-order chi connectivity index (χ0) is 11.1. The predicted molar refractivity (Wildman–Crippen MR) is 59.5 cm³/mol. The fraction of sp³-hybridized carbons (Fsp3) is 0.100. The summed E-state index contributed by atoms with van der Waals surface area (Å²) in [6.07, 6.45) is 1.57. The molecule has 0 spiro atoms. The quantitative estimate of drug-likeness (QED) is 0.721. The van der Waals surface area contributed by atoms with Crippen LogP contribution in [-0.4, -0.2) is 13.4 Å². The fourth-order valence-corrected chi connectivity index (χ4v) is 2.62. The molecule has 0 unspecified atom stereocenters. The zero-order valence-corrected chi connectivity index (χ0v) is 9.51. The molecule has 78 valence electrons. The molecule has 0 saturated heterocycles. The van der Waals surface area contributed by atoms with Gasteiger partial charge in [0.05, 0.1) is 4.90 Å². The maximum atomic E-state index is 11.3. The van der Waals surface area contributed by atoms with E-state index in [4.69, 9.17) is 10.7 Å². The van der Waals surface area contributed by atoms with Gasteiger partial charge in [0.25, 0.3) is 9.05 Å². The lowest BCUT2D eigenvalue weighted by Crippen LogP contribution is -1.93. The normalized spacial score (nSPS) is 11.9. The lowest BCUT2D eigenvalue weighted by Gasteiger charge is -2.04. The van der Waals surface area contributed by atoms with Crippen molar-refractivity contribution >= 4 is 30.5 Å². The van der Waals surface area contributed by atoms with Crippen molar-refractivity contribution in [2.45, 2.75) is 11.8 Å². The molecule has 0 aliphatic heterocycles. The summed E-state index contributed by atoms with van der Waals surface area (Å²) >= 11 is 0. The highest BCUT2D eigenvalue weighted by Gasteiger charge is 2.14. The number of aryl methyl sites for hydroxylation is 1. The summed E-state index contributed by atoms with van der Waals surface area (Å²) in [7, 11) is 1.64. The number of halogens is 1. The van der Waals surface area contributed by atoms with Crippen molar-refractivity contribution in [2.24, 2.45) is 0 Å². The number of hydrogen-bond donors (Lipinski definition) is 0. The van der Waals surface area contributed by atoms with Crippen LogP contribution in [0.4, 0.5) is 0 Å². The van der Waals surface area contributed by atoms with Gasteiger partial charge < -0.3 is 0 Å². The van der Waals surface area contributed by atoms with Gasteiger partial charge in [-0.3, -0.25) is 4.98 Å². The van der Waals surface area contributed by atoms with Gasteiger partial charge in [-0.1, -0.05) is 12.1 Å². The highest BCUT2D eigenvalue weighted by Crippen LogP contribution is 2.26. The maximum Gasteiger partial charge on any atom is 0.261 e. The van der Waals surface area contributed by atoms with Crippen molar-refractivity contribution in [2.75, 3.05) is 0 Å². The molecule has 0 aliphatic carbocycles. The van der Waals surface area contributed by atoms with Gasteiger partial charge in [0.1, 0.15) is 0 Å². The monoisotopic (exact) mass is 241 g/mol. The molecule has 0 fully saturated rings. The lowest BCUT2D eigenvalue weighted by atomic mass is 10.1. The van der Waals surface area contributed by atoms with E-state index in [-0.39, 0.29) is 4.90 Å². The van der Waals surface area contributed by atoms with E-state index in [9.17, 15) is 8.42 Å². The number of pyridine rings is 1. The van der Waals surface area contributed by atoms with Crippen LogP contribution in [0.5, 0.6) is 0 Å². The number of aromatic nitrogens is 1. The first-order valence-electron chi connectivity index (χ1n) is 4.29. The van der Waals surface area contributed by atoms with Gasteiger partial charge in [-0.2, -0.15) is 0 Å². The summed E-state index contributed by atoms with van der Waals surface area (Å²) in [4.78, 5) is 4.22. The molecule has 0 N–H and O–H groups in total. The molecule has 0 radical (unpaired) electrons. The largest absolute Gasteiger partial charge is 0.261 e. The third-order valence-corrected chi connectivity index (χ3v) is 3.61. The first-order chi connectivity index (χ1) is 7.00. The van der Waals surface area contributed by atoms with Crippen LogP contribution in [-0.2, 0) is 9.05 Å². The number of nitrogens with zero attached hydrogens (tertiary/aromatic N) is 1. The molecule has 2 aromatic rings. The second-order valence-electron chi connectivity index (χ2n) is 3.19. The molecular formula is C10H8ClNO2S. The van der Waals surface area contributed by atoms with Crippen LogP contribution in [0.15, 0.2) is 35.4 Å². The van der Waals surface area contributed by atoms with Crippen molar-refractivity contribution < 1.29 is 8.42 Å². The highest BCUT2D eigenvalue weighted by molar-refractivity contribution is 8.14. The number of benzene rings is 1. The fourth-order valence-electron chi connectivity index (χ4n) is 1.54. The molecule has 1 aromatic heterocycles. The summed E-state index contributed by atoms with van der Waals surface area (Å²) < 4.78 is 22.6. The van der Waals surface area contributed by atoms with E-state index in [0.29, 0.717) is 5.39 Å². The summed E-state index contributed by atoms with van der Waals surface area (Å²) in [5.41, 5.74) is 0.787. The van der Waals surface area contributed by atoms with Crippen molar-refractivity contribution in [3.8, 4) is 0 Å². The molecule has 0 atom stereocenters. The Morgan fingerprint density at radius 2 is 1.93 bits per heavy atom. The number of hydrogen-bond acceptors (Lipinski definition) is 3. The average molecular weight is 242 g/mol. The molecule has 2 rings (SSSR count). The van der Waals surface area contributed by atoms with Crippen LogP contribution in [0.2, 0.25) is 0 Å². The van der Waals surface area contributed by atoms with E-state index < -0.39 is 9.05 Å². The summed E-state index contributed by atoms with van der Waals surface area (Å²) in [5.74, 6) is 0. The van der Waals surface area contributed by atoms with Gasteiger partial charge in [0.2, 0.25) is 0 Å². The van der Waals surface area contributed by atoms with Gasteiger partial charge in [-0.25, -0.2) is 8.42 Å². The van der Waals surface area contributed by atoms with Crippen LogP contribution in [0.1, 0.15) is 5.69 Å². The Morgan fingerprint density at radius 1 is 1.20 bits per heavy atom. The van der Waals surface area contributed by atoms with Crippen LogP contribution in [0, 0.1) is 6.92 Å². The van der Waals surface area contributed by atoms with Crippen LogP contribution in [0.25, 0.3) is 10.8 Å². The standard InChI is InChI=1S/C10H8ClNO2S/c1-7-8-3-2-4-10(15(11,13)14)9(8)5-6-12-7/h2-6H,1H3. The third-order valence-electron chi connectivity index (χ3n) is 2.23. The minimum atomic E-state index is -3.70. The Morgan fingerprint density at radius 3 is 2.60 bits per heavy atom. The Hall–Kier alpha value is -1.13. The molecule has 0 bridgehead atoms. The van der Waals surface area contributed by atoms with Crippen molar-refractivity contribution in [1.82, 2.24) is 4.98 Å². The van der Waals surface area contributed by atoms with Gasteiger partial charge in [-0.15, -0.1) is 0 Å². The van der Waals surface area contributed by atoms with Gasteiger partial charge in [0.15, 0.2) is 0 Å².